The molecule has 1 aromatic rings. The number of hydrogen-bond donors (Lipinski definition) is 2. The summed E-state index contributed by atoms with van der Waals surface area (Å²) in [6, 6.07) is 6.55. The Morgan fingerprint density at radius 1 is 1.33 bits per heavy atom. The number of hydrogen-bond acceptors (Lipinski definition) is 3. The van der Waals surface area contributed by atoms with Crippen molar-refractivity contribution in [3.63, 3.8) is 0 Å². The fraction of sp³-hybridized carbons (Fsp3) is 0.600. The lowest BCUT2D eigenvalue weighted by atomic mass is 9.74. The minimum Gasteiger partial charge on any atom is -0.380 e. The molecule has 3 nitrogen and oxygen atoms in total. The van der Waals surface area contributed by atoms with Gasteiger partial charge < -0.3 is 16.2 Å². The normalized spacial score (nSPS) is 19.7. The van der Waals surface area contributed by atoms with E-state index in [0.717, 1.165) is 0 Å². The van der Waals surface area contributed by atoms with Crippen LogP contribution in [0, 0.1) is 12.3 Å². The average molecular weight is 248 g/mol. The van der Waals surface area contributed by atoms with E-state index in [2.05, 4.69) is 39.0 Å². The standard InChI is InChI=1S/C15H24N2O/c1-10(2)12-5-4-11(3)13(6-12)14(17)15(7-16)8-18-9-15/h4-6,10,14H,7-9,16-17H2,1-3H3. The molecule has 3 heteroatoms. The van der Waals surface area contributed by atoms with Gasteiger partial charge in [0.2, 0.25) is 0 Å². The van der Waals surface area contributed by atoms with E-state index in [-0.39, 0.29) is 11.5 Å². The summed E-state index contributed by atoms with van der Waals surface area (Å²) in [5.74, 6) is 0.517. The van der Waals surface area contributed by atoms with Gasteiger partial charge in [0.1, 0.15) is 0 Å². The van der Waals surface area contributed by atoms with E-state index < -0.39 is 0 Å². The Kier molecular flexibility index (Phi) is 3.76. The lowest BCUT2D eigenvalue weighted by Gasteiger charge is -2.45. The molecule has 0 spiro atoms. The third kappa shape index (κ3) is 2.18. The summed E-state index contributed by atoms with van der Waals surface area (Å²) in [6.07, 6.45) is 0. The molecule has 18 heavy (non-hydrogen) atoms. The zero-order valence-corrected chi connectivity index (χ0v) is 11.6. The molecule has 0 bridgehead atoms. The van der Waals surface area contributed by atoms with Crippen molar-refractivity contribution in [2.24, 2.45) is 16.9 Å². The van der Waals surface area contributed by atoms with Gasteiger partial charge in [-0.3, -0.25) is 0 Å². The molecule has 1 heterocycles. The molecule has 4 N–H and O–H groups in total. The molecule has 1 unspecified atom stereocenters. The van der Waals surface area contributed by atoms with Crippen LogP contribution in [-0.2, 0) is 4.74 Å². The highest BCUT2D eigenvalue weighted by Crippen LogP contribution is 2.39. The first kappa shape index (κ1) is 13.5. The monoisotopic (exact) mass is 248 g/mol. The molecule has 1 aliphatic heterocycles. The van der Waals surface area contributed by atoms with Crippen LogP contribution in [0.5, 0.6) is 0 Å². The van der Waals surface area contributed by atoms with Gasteiger partial charge in [-0.1, -0.05) is 32.0 Å². The van der Waals surface area contributed by atoms with Gasteiger partial charge in [0.25, 0.3) is 0 Å². The van der Waals surface area contributed by atoms with Crippen LogP contribution in [0.25, 0.3) is 0 Å². The molecule has 0 radical (unpaired) electrons. The fourth-order valence-corrected chi connectivity index (χ4v) is 2.47. The summed E-state index contributed by atoms with van der Waals surface area (Å²) >= 11 is 0. The van der Waals surface area contributed by atoms with Gasteiger partial charge in [-0.15, -0.1) is 0 Å². The Hall–Kier alpha value is -0.900. The van der Waals surface area contributed by atoms with Crippen LogP contribution in [0.3, 0.4) is 0 Å². The molecular formula is C15H24N2O. The lowest BCUT2D eigenvalue weighted by molar-refractivity contribution is -0.121. The Bertz CT molecular complexity index is 419. The Labute approximate surface area is 110 Å². The third-order valence-corrected chi connectivity index (χ3v) is 4.15. The Balaban J connectivity index is 2.34. The van der Waals surface area contributed by atoms with Crippen LogP contribution >= 0.6 is 0 Å². The molecule has 0 aromatic heterocycles. The van der Waals surface area contributed by atoms with Crippen LogP contribution in [0.4, 0.5) is 0 Å². The fourth-order valence-electron chi connectivity index (χ4n) is 2.47. The van der Waals surface area contributed by atoms with E-state index in [0.29, 0.717) is 25.7 Å². The number of rotatable bonds is 4. The molecule has 0 aliphatic carbocycles. The van der Waals surface area contributed by atoms with E-state index in [4.69, 9.17) is 16.2 Å². The molecule has 1 aliphatic rings. The van der Waals surface area contributed by atoms with Gasteiger partial charge >= 0.3 is 0 Å². The zero-order chi connectivity index (χ0) is 13.3. The van der Waals surface area contributed by atoms with Crippen molar-refractivity contribution in [2.75, 3.05) is 19.8 Å². The highest BCUT2D eigenvalue weighted by Gasteiger charge is 2.44. The number of ether oxygens (including phenoxy) is 1. The summed E-state index contributed by atoms with van der Waals surface area (Å²) < 4.78 is 5.33. The van der Waals surface area contributed by atoms with Crippen LogP contribution in [0.2, 0.25) is 0 Å². The van der Waals surface area contributed by atoms with Crippen LogP contribution in [0.15, 0.2) is 18.2 Å². The van der Waals surface area contributed by atoms with E-state index in [9.17, 15) is 0 Å². The van der Waals surface area contributed by atoms with Crippen molar-refractivity contribution in [3.8, 4) is 0 Å². The highest BCUT2D eigenvalue weighted by atomic mass is 16.5. The van der Waals surface area contributed by atoms with E-state index >= 15 is 0 Å². The van der Waals surface area contributed by atoms with E-state index in [1.54, 1.807) is 0 Å². The van der Waals surface area contributed by atoms with Crippen molar-refractivity contribution in [1.29, 1.82) is 0 Å². The molecule has 1 saturated heterocycles. The van der Waals surface area contributed by atoms with Crippen molar-refractivity contribution in [1.82, 2.24) is 0 Å². The Morgan fingerprint density at radius 3 is 2.44 bits per heavy atom. The summed E-state index contributed by atoms with van der Waals surface area (Å²) in [6.45, 7) is 8.45. The topological polar surface area (TPSA) is 61.3 Å². The van der Waals surface area contributed by atoms with Crippen molar-refractivity contribution in [3.05, 3.63) is 34.9 Å². The first-order valence-electron chi connectivity index (χ1n) is 6.64. The molecule has 0 amide bonds. The van der Waals surface area contributed by atoms with Crippen molar-refractivity contribution >= 4 is 0 Å². The van der Waals surface area contributed by atoms with E-state index in [1.165, 1.54) is 16.7 Å². The number of aryl methyl sites for hydroxylation is 1. The minimum absolute atomic E-state index is 0.0325. The number of benzene rings is 1. The van der Waals surface area contributed by atoms with Crippen molar-refractivity contribution < 1.29 is 4.74 Å². The molecule has 1 aromatic carbocycles. The first-order chi connectivity index (χ1) is 8.50. The minimum atomic E-state index is -0.0691. The molecule has 1 fully saturated rings. The molecule has 2 rings (SSSR count). The second-order valence-electron chi connectivity index (χ2n) is 5.81. The highest BCUT2D eigenvalue weighted by molar-refractivity contribution is 5.36. The van der Waals surface area contributed by atoms with Gasteiger partial charge in [-0.05, 0) is 29.5 Å². The maximum absolute atomic E-state index is 6.46. The Morgan fingerprint density at radius 2 is 2.00 bits per heavy atom. The van der Waals surface area contributed by atoms with E-state index in [1.807, 2.05) is 0 Å². The molecular weight excluding hydrogens is 224 g/mol. The SMILES string of the molecule is Cc1ccc(C(C)C)cc1C(N)C1(CN)COC1. The van der Waals surface area contributed by atoms with Gasteiger partial charge in [0.15, 0.2) is 0 Å². The third-order valence-electron chi connectivity index (χ3n) is 4.15. The van der Waals surface area contributed by atoms with Crippen molar-refractivity contribution in [2.45, 2.75) is 32.7 Å². The maximum Gasteiger partial charge on any atom is 0.0575 e. The first-order valence-corrected chi connectivity index (χ1v) is 6.64. The van der Waals surface area contributed by atoms with Crippen LogP contribution < -0.4 is 11.5 Å². The molecule has 1 atom stereocenters. The summed E-state index contributed by atoms with van der Waals surface area (Å²) in [4.78, 5) is 0. The smallest absolute Gasteiger partial charge is 0.0575 e. The summed E-state index contributed by atoms with van der Waals surface area (Å²) in [5.41, 5.74) is 16.1. The quantitative estimate of drug-likeness (QED) is 0.857. The predicted octanol–water partition coefficient (Wildman–Crippen LogP) is 2.09. The van der Waals surface area contributed by atoms with Gasteiger partial charge in [-0.25, -0.2) is 0 Å². The second-order valence-corrected chi connectivity index (χ2v) is 5.81. The van der Waals surface area contributed by atoms with Crippen LogP contribution in [0.1, 0.15) is 42.5 Å². The van der Waals surface area contributed by atoms with Gasteiger partial charge in [0, 0.05) is 18.0 Å². The maximum atomic E-state index is 6.46. The van der Waals surface area contributed by atoms with Crippen LogP contribution in [-0.4, -0.2) is 19.8 Å². The second kappa shape index (κ2) is 5.00. The largest absolute Gasteiger partial charge is 0.380 e. The zero-order valence-electron chi connectivity index (χ0n) is 11.6. The molecule has 100 valence electrons. The lowest BCUT2D eigenvalue weighted by Crippen LogP contribution is -2.55. The average Bonchev–Trinajstić information content (AvgIpc) is 2.28. The van der Waals surface area contributed by atoms with Gasteiger partial charge in [0.05, 0.1) is 13.2 Å². The number of nitrogens with two attached hydrogens (primary N) is 2. The molecule has 0 saturated carbocycles. The van der Waals surface area contributed by atoms with Gasteiger partial charge in [-0.2, -0.15) is 0 Å². The predicted molar refractivity (Wildman–Crippen MR) is 74.5 cm³/mol. The summed E-state index contributed by atoms with van der Waals surface area (Å²) in [5, 5.41) is 0. The summed E-state index contributed by atoms with van der Waals surface area (Å²) in [7, 11) is 0.